The predicted molar refractivity (Wildman–Crippen MR) is 117 cm³/mol. The molecular formula is C23H32N4O2. The maximum absolute atomic E-state index is 12.0. The summed E-state index contributed by atoms with van der Waals surface area (Å²) < 4.78 is 5.66. The van der Waals surface area contributed by atoms with Gasteiger partial charge in [0, 0.05) is 44.3 Å². The molecule has 0 aliphatic heterocycles. The summed E-state index contributed by atoms with van der Waals surface area (Å²) in [6.45, 7) is 1.12. The van der Waals surface area contributed by atoms with Gasteiger partial charge in [-0.05, 0) is 73.9 Å². The number of pyridine rings is 1. The molecule has 1 aromatic carbocycles. The van der Waals surface area contributed by atoms with Crippen molar-refractivity contribution in [1.29, 1.82) is 0 Å². The lowest BCUT2D eigenvalue weighted by Gasteiger charge is -2.23. The molecule has 2 aromatic rings. The van der Waals surface area contributed by atoms with Gasteiger partial charge in [-0.2, -0.15) is 0 Å². The molecule has 1 aliphatic rings. The van der Waals surface area contributed by atoms with E-state index >= 15 is 0 Å². The smallest absolute Gasteiger partial charge is 0.407 e. The summed E-state index contributed by atoms with van der Waals surface area (Å²) in [5.41, 5.74) is 11.6. The van der Waals surface area contributed by atoms with Gasteiger partial charge in [-0.3, -0.25) is 4.98 Å². The van der Waals surface area contributed by atoms with Crippen molar-refractivity contribution in [3.63, 3.8) is 0 Å². The van der Waals surface area contributed by atoms with Crippen LogP contribution in [0.5, 0.6) is 0 Å². The number of fused-ring (bicyclic) bond motifs is 1. The van der Waals surface area contributed by atoms with E-state index in [1.165, 1.54) is 27.9 Å². The Kier molecular flexibility index (Phi) is 7.47. The Bertz CT molecular complexity index is 805. The topological polar surface area (TPSA) is 80.5 Å². The summed E-state index contributed by atoms with van der Waals surface area (Å²) in [4.78, 5) is 18.6. The lowest BCUT2D eigenvalue weighted by Crippen LogP contribution is -2.31. The van der Waals surface area contributed by atoms with Gasteiger partial charge in [0.05, 0.1) is 0 Å². The van der Waals surface area contributed by atoms with Crippen molar-refractivity contribution in [1.82, 2.24) is 10.3 Å². The Balaban J connectivity index is 1.72. The maximum atomic E-state index is 12.0. The van der Waals surface area contributed by atoms with Crippen LogP contribution in [-0.2, 0) is 17.6 Å². The van der Waals surface area contributed by atoms with E-state index < -0.39 is 0 Å². The van der Waals surface area contributed by atoms with Crippen LogP contribution >= 0.6 is 0 Å². The summed E-state index contributed by atoms with van der Waals surface area (Å²) in [6, 6.07) is 8.58. The third kappa shape index (κ3) is 5.70. The average Bonchev–Trinajstić information content (AvgIpc) is 2.70. The monoisotopic (exact) mass is 396 g/mol. The van der Waals surface area contributed by atoms with Crippen molar-refractivity contribution in [3.8, 4) is 11.1 Å². The molecule has 0 saturated carbocycles. The third-order valence-electron chi connectivity index (χ3n) is 5.45. The molecule has 29 heavy (non-hydrogen) atoms. The second kappa shape index (κ2) is 10.3. The number of nitrogens with one attached hydrogen (secondary N) is 1. The van der Waals surface area contributed by atoms with Gasteiger partial charge in [-0.25, -0.2) is 4.79 Å². The van der Waals surface area contributed by atoms with Crippen molar-refractivity contribution in [2.24, 2.45) is 5.73 Å². The fourth-order valence-corrected chi connectivity index (χ4v) is 3.80. The van der Waals surface area contributed by atoms with E-state index in [0.717, 1.165) is 38.5 Å². The molecule has 0 fully saturated rings. The molecular weight excluding hydrogens is 364 g/mol. The third-order valence-corrected chi connectivity index (χ3v) is 5.45. The first-order chi connectivity index (χ1) is 14.1. The molecule has 6 nitrogen and oxygen atoms in total. The van der Waals surface area contributed by atoms with Crippen molar-refractivity contribution >= 4 is 11.8 Å². The van der Waals surface area contributed by atoms with E-state index in [1.54, 1.807) is 0 Å². The SMILES string of the molecule is CN(C)c1ccc(-c2cncc3c2CCC(OC(=O)NCCCN)CCC3)cc1. The van der Waals surface area contributed by atoms with Crippen molar-refractivity contribution in [3.05, 3.63) is 47.8 Å². The molecule has 1 unspecified atom stereocenters. The summed E-state index contributed by atoms with van der Waals surface area (Å²) >= 11 is 0. The zero-order chi connectivity index (χ0) is 20.6. The van der Waals surface area contributed by atoms with E-state index in [9.17, 15) is 4.79 Å². The Labute approximate surface area is 173 Å². The minimum Gasteiger partial charge on any atom is -0.446 e. The van der Waals surface area contributed by atoms with Crippen LogP contribution in [0.25, 0.3) is 11.1 Å². The number of ether oxygens (including phenoxy) is 1. The van der Waals surface area contributed by atoms with Crippen molar-refractivity contribution < 1.29 is 9.53 Å². The molecule has 6 heteroatoms. The van der Waals surface area contributed by atoms with Crippen molar-refractivity contribution in [2.75, 3.05) is 32.1 Å². The van der Waals surface area contributed by atoms with Gasteiger partial charge < -0.3 is 20.7 Å². The first-order valence-corrected chi connectivity index (χ1v) is 10.5. The largest absolute Gasteiger partial charge is 0.446 e. The van der Waals surface area contributed by atoms with Crippen LogP contribution in [0.4, 0.5) is 10.5 Å². The Morgan fingerprint density at radius 3 is 2.72 bits per heavy atom. The van der Waals surface area contributed by atoms with E-state index in [2.05, 4.69) is 39.5 Å². The number of alkyl carbamates (subject to hydrolysis) is 1. The van der Waals surface area contributed by atoms with Crippen LogP contribution < -0.4 is 16.0 Å². The van der Waals surface area contributed by atoms with E-state index in [-0.39, 0.29) is 12.2 Å². The highest BCUT2D eigenvalue weighted by Gasteiger charge is 2.20. The summed E-state index contributed by atoms with van der Waals surface area (Å²) in [6.07, 6.45) is 8.85. The molecule has 0 bridgehead atoms. The fourth-order valence-electron chi connectivity index (χ4n) is 3.80. The van der Waals surface area contributed by atoms with Gasteiger partial charge in [0.25, 0.3) is 0 Å². The van der Waals surface area contributed by atoms with Crippen LogP contribution in [0.1, 0.15) is 36.8 Å². The number of anilines is 1. The second-order valence-electron chi connectivity index (χ2n) is 7.79. The van der Waals surface area contributed by atoms with Crippen LogP contribution in [0.2, 0.25) is 0 Å². The molecule has 0 saturated heterocycles. The fraction of sp³-hybridized carbons (Fsp3) is 0.478. The predicted octanol–water partition coefficient (Wildman–Crippen LogP) is 3.53. The summed E-state index contributed by atoms with van der Waals surface area (Å²) in [7, 11) is 4.09. The number of amides is 1. The van der Waals surface area contributed by atoms with E-state index in [4.69, 9.17) is 10.5 Å². The highest BCUT2D eigenvalue weighted by Crippen LogP contribution is 2.31. The van der Waals surface area contributed by atoms with Crippen LogP contribution in [0.15, 0.2) is 36.7 Å². The molecule has 156 valence electrons. The zero-order valence-electron chi connectivity index (χ0n) is 17.5. The second-order valence-corrected chi connectivity index (χ2v) is 7.79. The number of aromatic nitrogens is 1. The number of aryl methyl sites for hydroxylation is 1. The molecule has 1 heterocycles. The summed E-state index contributed by atoms with van der Waals surface area (Å²) in [5.74, 6) is 0. The Hall–Kier alpha value is -2.60. The Morgan fingerprint density at radius 1 is 1.21 bits per heavy atom. The average molecular weight is 397 g/mol. The number of nitrogens with two attached hydrogens (primary N) is 1. The first kappa shape index (κ1) is 21.1. The maximum Gasteiger partial charge on any atom is 0.407 e. The normalized spacial score (nSPS) is 16.3. The Morgan fingerprint density at radius 2 is 2.00 bits per heavy atom. The number of carbonyl (C=O) groups is 1. The highest BCUT2D eigenvalue weighted by atomic mass is 16.6. The summed E-state index contributed by atoms with van der Waals surface area (Å²) in [5, 5.41) is 2.78. The van der Waals surface area contributed by atoms with Gasteiger partial charge in [0.2, 0.25) is 0 Å². The first-order valence-electron chi connectivity index (χ1n) is 10.5. The van der Waals surface area contributed by atoms with Gasteiger partial charge in [-0.15, -0.1) is 0 Å². The number of nitrogens with zero attached hydrogens (tertiary/aromatic N) is 2. The van der Waals surface area contributed by atoms with E-state index in [1.807, 2.05) is 26.5 Å². The molecule has 1 aliphatic carbocycles. The lowest BCUT2D eigenvalue weighted by atomic mass is 9.88. The minimum absolute atomic E-state index is 0.0573. The number of carbonyl (C=O) groups excluding carboxylic acids is 1. The lowest BCUT2D eigenvalue weighted by molar-refractivity contribution is 0.0856. The molecule has 1 amide bonds. The molecule has 1 atom stereocenters. The zero-order valence-corrected chi connectivity index (χ0v) is 17.5. The molecule has 1 aromatic heterocycles. The van der Waals surface area contributed by atoms with Crippen LogP contribution in [0.3, 0.4) is 0 Å². The molecule has 3 rings (SSSR count). The standard InChI is InChI=1S/C23H32N4O2/c1-27(2)19-9-7-17(8-10-19)22-16-25-15-18-5-3-6-20(11-12-21(18)22)29-23(28)26-14-4-13-24/h7-10,15-16,20H,3-6,11-14,24H2,1-2H3,(H,26,28). The number of hydrogen-bond donors (Lipinski definition) is 2. The van der Waals surface area contributed by atoms with E-state index in [0.29, 0.717) is 13.1 Å². The minimum atomic E-state index is -0.335. The number of rotatable bonds is 6. The van der Waals surface area contributed by atoms with Crippen molar-refractivity contribution in [2.45, 2.75) is 44.6 Å². The van der Waals surface area contributed by atoms with Gasteiger partial charge in [0.1, 0.15) is 6.10 Å². The van der Waals surface area contributed by atoms with Gasteiger partial charge >= 0.3 is 6.09 Å². The quantitative estimate of drug-likeness (QED) is 0.730. The number of benzene rings is 1. The molecule has 0 radical (unpaired) electrons. The van der Waals surface area contributed by atoms with Crippen LogP contribution in [0, 0.1) is 0 Å². The number of hydrogen-bond acceptors (Lipinski definition) is 5. The highest BCUT2D eigenvalue weighted by molar-refractivity contribution is 5.70. The van der Waals surface area contributed by atoms with Crippen LogP contribution in [-0.4, -0.2) is 44.4 Å². The van der Waals surface area contributed by atoms with Gasteiger partial charge in [-0.1, -0.05) is 12.1 Å². The molecule has 3 N–H and O–H groups in total. The molecule has 0 spiro atoms. The van der Waals surface area contributed by atoms with Gasteiger partial charge in [0.15, 0.2) is 0 Å².